The average Bonchev–Trinajstić information content (AvgIpc) is 2.93. The van der Waals surface area contributed by atoms with Gasteiger partial charge in [-0.3, -0.25) is 5.32 Å². The van der Waals surface area contributed by atoms with Gasteiger partial charge in [-0.05, 0) is 50.2 Å². The van der Waals surface area contributed by atoms with Crippen LogP contribution in [0, 0.1) is 0 Å². The maximum Gasteiger partial charge on any atom is 0.323 e. The first kappa shape index (κ1) is 16.2. The van der Waals surface area contributed by atoms with Crippen LogP contribution in [0.1, 0.15) is 36.9 Å². The van der Waals surface area contributed by atoms with Gasteiger partial charge >= 0.3 is 6.03 Å². The van der Waals surface area contributed by atoms with Crippen molar-refractivity contribution in [3.8, 4) is 0 Å². The minimum Gasteiger partial charge on any atom is -0.320 e. The fourth-order valence-corrected chi connectivity index (χ4v) is 4.51. The number of likely N-dealkylation sites (tertiary alicyclic amines) is 1. The molecule has 126 valence electrons. The molecule has 1 aliphatic heterocycles. The third-order valence-corrected chi connectivity index (χ3v) is 5.54. The van der Waals surface area contributed by atoms with Gasteiger partial charge in [-0.15, -0.1) is 0 Å². The Labute approximate surface area is 137 Å². The molecule has 1 aromatic rings. The molecule has 1 atom stereocenters. The molecule has 1 N–H and O–H groups in total. The Morgan fingerprint density at radius 2 is 2.13 bits per heavy atom. The Balaban J connectivity index is 1.70. The maximum absolute atomic E-state index is 12.5. The summed E-state index contributed by atoms with van der Waals surface area (Å²) in [6.07, 6.45) is 6.95. The standard InChI is InChI=1S/C16H23N3O3S/c1-23(21,22)11-13-6-2-3-10-19(13)16(20)18-15-9-8-12-5-4-7-14(12)17-15/h8-9,13H,2-7,10-11H2,1H3,(H,17,18,20). The van der Waals surface area contributed by atoms with Crippen molar-refractivity contribution >= 4 is 21.7 Å². The van der Waals surface area contributed by atoms with Crippen LogP contribution < -0.4 is 5.32 Å². The molecule has 6 nitrogen and oxygen atoms in total. The molecule has 0 radical (unpaired) electrons. The van der Waals surface area contributed by atoms with Crippen LogP contribution in [0.25, 0.3) is 0 Å². The number of nitrogens with one attached hydrogen (secondary N) is 1. The van der Waals surface area contributed by atoms with Crippen molar-refractivity contribution < 1.29 is 13.2 Å². The summed E-state index contributed by atoms with van der Waals surface area (Å²) >= 11 is 0. The predicted octanol–water partition coefficient (Wildman–Crippen LogP) is 2.00. The van der Waals surface area contributed by atoms with Crippen LogP contribution in [-0.4, -0.2) is 48.9 Å². The van der Waals surface area contributed by atoms with Gasteiger partial charge in [0.1, 0.15) is 15.7 Å². The van der Waals surface area contributed by atoms with Gasteiger partial charge in [0.15, 0.2) is 0 Å². The zero-order valence-electron chi connectivity index (χ0n) is 13.4. The average molecular weight is 337 g/mol. The van der Waals surface area contributed by atoms with Gasteiger partial charge in [0, 0.05) is 24.5 Å². The van der Waals surface area contributed by atoms with E-state index in [1.54, 1.807) is 4.90 Å². The lowest BCUT2D eigenvalue weighted by Crippen LogP contribution is -2.48. The number of carbonyl (C=O) groups excluding carboxylic acids is 1. The first-order valence-electron chi connectivity index (χ1n) is 8.16. The van der Waals surface area contributed by atoms with E-state index >= 15 is 0 Å². The molecule has 0 spiro atoms. The van der Waals surface area contributed by atoms with Crippen molar-refractivity contribution in [2.24, 2.45) is 0 Å². The Bertz CT molecular complexity index is 703. The third kappa shape index (κ3) is 4.02. The van der Waals surface area contributed by atoms with E-state index in [0.29, 0.717) is 12.4 Å². The van der Waals surface area contributed by atoms with Crippen molar-refractivity contribution in [1.82, 2.24) is 9.88 Å². The number of sulfone groups is 1. The van der Waals surface area contributed by atoms with Crippen molar-refractivity contribution in [2.45, 2.75) is 44.6 Å². The van der Waals surface area contributed by atoms with Gasteiger partial charge in [0.2, 0.25) is 0 Å². The van der Waals surface area contributed by atoms with Gasteiger partial charge in [0.05, 0.1) is 5.75 Å². The number of carbonyl (C=O) groups is 1. The highest BCUT2D eigenvalue weighted by Crippen LogP contribution is 2.23. The summed E-state index contributed by atoms with van der Waals surface area (Å²) in [6, 6.07) is 3.36. The fraction of sp³-hybridized carbons (Fsp3) is 0.625. The highest BCUT2D eigenvalue weighted by molar-refractivity contribution is 7.90. The summed E-state index contributed by atoms with van der Waals surface area (Å²) in [4.78, 5) is 18.7. The summed E-state index contributed by atoms with van der Waals surface area (Å²) in [7, 11) is -3.11. The summed E-state index contributed by atoms with van der Waals surface area (Å²) in [6.45, 7) is 0.594. The van der Waals surface area contributed by atoms with Crippen LogP contribution in [0.3, 0.4) is 0 Å². The molecule has 0 saturated carbocycles. The van der Waals surface area contributed by atoms with Gasteiger partial charge < -0.3 is 4.90 Å². The topological polar surface area (TPSA) is 79.4 Å². The Morgan fingerprint density at radius 1 is 1.30 bits per heavy atom. The lowest BCUT2D eigenvalue weighted by molar-refractivity contribution is 0.171. The molecular formula is C16H23N3O3S. The number of aromatic nitrogens is 1. The second-order valence-electron chi connectivity index (χ2n) is 6.52. The molecule has 1 unspecified atom stereocenters. The number of anilines is 1. The number of nitrogens with zero attached hydrogens (tertiary/aromatic N) is 2. The van der Waals surface area contributed by atoms with Crippen molar-refractivity contribution in [3.63, 3.8) is 0 Å². The SMILES string of the molecule is CS(=O)(=O)CC1CCCCN1C(=O)Nc1ccc2c(n1)CCC2. The Hall–Kier alpha value is -1.63. The summed E-state index contributed by atoms with van der Waals surface area (Å²) in [5, 5.41) is 2.84. The molecule has 7 heteroatoms. The zero-order chi connectivity index (χ0) is 16.4. The molecule has 2 heterocycles. The number of piperidine rings is 1. The first-order valence-corrected chi connectivity index (χ1v) is 10.2. The minimum atomic E-state index is -3.11. The Kier molecular flexibility index (Phi) is 4.57. The van der Waals surface area contributed by atoms with Gasteiger partial charge in [-0.25, -0.2) is 18.2 Å². The maximum atomic E-state index is 12.5. The number of hydrogen-bond acceptors (Lipinski definition) is 4. The quantitative estimate of drug-likeness (QED) is 0.915. The van der Waals surface area contributed by atoms with Crippen molar-refractivity contribution in [2.75, 3.05) is 23.9 Å². The molecule has 1 aliphatic carbocycles. The Morgan fingerprint density at radius 3 is 2.91 bits per heavy atom. The highest BCUT2D eigenvalue weighted by atomic mass is 32.2. The van der Waals surface area contributed by atoms with E-state index in [2.05, 4.69) is 10.3 Å². The second kappa shape index (κ2) is 6.47. The van der Waals surface area contributed by atoms with E-state index < -0.39 is 9.84 Å². The summed E-state index contributed by atoms with van der Waals surface area (Å²) < 4.78 is 23.2. The molecular weight excluding hydrogens is 314 g/mol. The fourth-order valence-electron chi connectivity index (χ4n) is 3.46. The predicted molar refractivity (Wildman–Crippen MR) is 89.3 cm³/mol. The first-order chi connectivity index (χ1) is 10.9. The van der Waals surface area contributed by atoms with Crippen LogP contribution in [-0.2, 0) is 22.7 Å². The van der Waals surface area contributed by atoms with E-state index in [1.807, 2.05) is 12.1 Å². The molecule has 2 aliphatic rings. The lowest BCUT2D eigenvalue weighted by atomic mass is 10.0. The smallest absolute Gasteiger partial charge is 0.320 e. The van der Waals surface area contributed by atoms with Crippen molar-refractivity contribution in [1.29, 1.82) is 0 Å². The van der Waals surface area contributed by atoms with E-state index in [0.717, 1.165) is 44.2 Å². The monoisotopic (exact) mass is 337 g/mol. The number of amides is 2. The number of hydrogen-bond donors (Lipinski definition) is 1. The number of aryl methyl sites for hydroxylation is 2. The van der Waals surface area contributed by atoms with Crippen molar-refractivity contribution in [3.05, 3.63) is 23.4 Å². The molecule has 2 amide bonds. The van der Waals surface area contributed by atoms with Crippen LogP contribution in [0.4, 0.5) is 10.6 Å². The molecule has 1 aromatic heterocycles. The second-order valence-corrected chi connectivity index (χ2v) is 8.71. The molecule has 1 saturated heterocycles. The third-order valence-electron chi connectivity index (χ3n) is 4.55. The van der Waals surface area contributed by atoms with E-state index in [-0.39, 0.29) is 17.8 Å². The van der Waals surface area contributed by atoms with Gasteiger partial charge in [0.25, 0.3) is 0 Å². The summed E-state index contributed by atoms with van der Waals surface area (Å²) in [5.74, 6) is 0.581. The number of urea groups is 1. The highest BCUT2D eigenvalue weighted by Gasteiger charge is 2.29. The molecule has 1 fully saturated rings. The van der Waals surface area contributed by atoms with E-state index in [4.69, 9.17) is 0 Å². The van der Waals surface area contributed by atoms with Gasteiger partial charge in [-0.1, -0.05) is 6.07 Å². The molecule has 0 aromatic carbocycles. The number of fused-ring (bicyclic) bond motifs is 1. The zero-order valence-corrected chi connectivity index (χ0v) is 14.2. The van der Waals surface area contributed by atoms with E-state index in [1.165, 1.54) is 11.8 Å². The van der Waals surface area contributed by atoms with Crippen LogP contribution in [0.2, 0.25) is 0 Å². The largest absolute Gasteiger partial charge is 0.323 e. The van der Waals surface area contributed by atoms with E-state index in [9.17, 15) is 13.2 Å². The van der Waals surface area contributed by atoms with Crippen LogP contribution in [0.5, 0.6) is 0 Å². The number of pyridine rings is 1. The molecule has 0 bridgehead atoms. The lowest BCUT2D eigenvalue weighted by Gasteiger charge is -2.35. The normalized spacial score (nSPS) is 21.1. The summed E-state index contributed by atoms with van der Waals surface area (Å²) in [5.41, 5.74) is 2.32. The van der Waals surface area contributed by atoms with Crippen LogP contribution >= 0.6 is 0 Å². The van der Waals surface area contributed by atoms with Crippen LogP contribution in [0.15, 0.2) is 12.1 Å². The molecule has 3 rings (SSSR count). The minimum absolute atomic E-state index is 0.0258. The molecule has 23 heavy (non-hydrogen) atoms. The van der Waals surface area contributed by atoms with Gasteiger partial charge in [-0.2, -0.15) is 0 Å². The number of rotatable bonds is 3.